The Bertz CT molecular complexity index is 834. The first kappa shape index (κ1) is 21.1. The number of aryl methyl sites for hydroxylation is 1. The molecule has 2 aliphatic rings. The highest BCUT2D eigenvalue weighted by Gasteiger charge is 2.26. The summed E-state index contributed by atoms with van der Waals surface area (Å²) in [4.78, 5) is 31.7. The highest BCUT2D eigenvalue weighted by Crippen LogP contribution is 2.15. The maximum atomic E-state index is 12.7. The first-order chi connectivity index (χ1) is 14.6. The second-order valence-corrected chi connectivity index (χ2v) is 8.98. The van der Waals surface area contributed by atoms with Crippen LogP contribution in [0.3, 0.4) is 0 Å². The van der Waals surface area contributed by atoms with Crippen LogP contribution in [-0.2, 0) is 11.3 Å². The molecule has 0 radical (unpaired) electrons. The topological polar surface area (TPSA) is 69.0 Å². The summed E-state index contributed by atoms with van der Waals surface area (Å²) in [7, 11) is 0. The molecule has 0 unspecified atom stereocenters. The van der Waals surface area contributed by atoms with Gasteiger partial charge >= 0.3 is 0 Å². The van der Waals surface area contributed by atoms with Gasteiger partial charge in [-0.2, -0.15) is 11.3 Å². The summed E-state index contributed by atoms with van der Waals surface area (Å²) < 4.78 is 5.21. The van der Waals surface area contributed by atoms with Gasteiger partial charge in [0.25, 0.3) is 5.91 Å². The van der Waals surface area contributed by atoms with Gasteiger partial charge in [-0.25, -0.2) is 0 Å². The molecule has 0 bridgehead atoms. The van der Waals surface area contributed by atoms with Gasteiger partial charge in [0.15, 0.2) is 0 Å². The van der Waals surface area contributed by atoms with E-state index in [1.807, 2.05) is 4.90 Å². The Morgan fingerprint density at radius 1 is 1.10 bits per heavy atom. The molecule has 30 heavy (non-hydrogen) atoms. The van der Waals surface area contributed by atoms with Crippen molar-refractivity contribution in [1.29, 1.82) is 0 Å². The predicted molar refractivity (Wildman–Crippen MR) is 117 cm³/mol. The number of carbonyl (C=O) groups is 2. The summed E-state index contributed by atoms with van der Waals surface area (Å²) >= 11 is 1.73. The highest BCUT2D eigenvalue weighted by molar-refractivity contribution is 7.07. The first-order valence-corrected chi connectivity index (χ1v) is 11.6. The normalized spacial score (nSPS) is 19.2. The van der Waals surface area contributed by atoms with Crippen molar-refractivity contribution in [1.82, 2.24) is 20.0 Å². The minimum absolute atomic E-state index is 0.0731. The van der Waals surface area contributed by atoms with E-state index < -0.39 is 0 Å². The molecule has 4 rings (SSSR count). The van der Waals surface area contributed by atoms with Gasteiger partial charge in [-0.3, -0.25) is 19.4 Å². The van der Waals surface area contributed by atoms with E-state index in [0.717, 1.165) is 58.7 Å². The second-order valence-electron chi connectivity index (χ2n) is 8.20. The zero-order valence-electron chi connectivity index (χ0n) is 17.5. The molecule has 4 heterocycles. The van der Waals surface area contributed by atoms with E-state index >= 15 is 0 Å². The Labute approximate surface area is 181 Å². The summed E-state index contributed by atoms with van der Waals surface area (Å²) in [6.45, 7) is 8.39. The Balaban J connectivity index is 1.16. The number of nitrogens with one attached hydrogen (secondary N) is 1. The van der Waals surface area contributed by atoms with Crippen LogP contribution in [0, 0.1) is 6.92 Å². The van der Waals surface area contributed by atoms with Gasteiger partial charge in [0.2, 0.25) is 5.91 Å². The van der Waals surface area contributed by atoms with Gasteiger partial charge in [-0.15, -0.1) is 0 Å². The van der Waals surface area contributed by atoms with Crippen molar-refractivity contribution >= 4 is 23.2 Å². The van der Waals surface area contributed by atoms with Gasteiger partial charge in [-0.05, 0) is 48.2 Å². The number of carbonyl (C=O) groups excluding carboxylic acids is 2. The Hall–Kier alpha value is -2.16. The smallest absolute Gasteiger partial charge is 0.255 e. The molecular formula is C22H30N4O3S. The van der Waals surface area contributed by atoms with Crippen molar-refractivity contribution in [3.63, 3.8) is 0 Å². The second kappa shape index (κ2) is 9.76. The molecule has 2 aromatic rings. The van der Waals surface area contributed by atoms with Crippen molar-refractivity contribution < 1.29 is 14.0 Å². The van der Waals surface area contributed by atoms with Crippen LogP contribution in [0.1, 0.15) is 34.5 Å². The molecule has 0 atom stereocenters. The molecule has 0 aliphatic carbocycles. The molecule has 2 saturated heterocycles. The summed E-state index contributed by atoms with van der Waals surface area (Å²) in [5.74, 6) is 0.795. The van der Waals surface area contributed by atoms with Gasteiger partial charge in [0.1, 0.15) is 5.76 Å². The van der Waals surface area contributed by atoms with Crippen molar-refractivity contribution in [2.75, 3.05) is 45.8 Å². The van der Waals surface area contributed by atoms with Gasteiger partial charge in [0.05, 0.1) is 18.4 Å². The van der Waals surface area contributed by atoms with Crippen LogP contribution in [0.4, 0.5) is 0 Å². The molecule has 0 spiro atoms. The van der Waals surface area contributed by atoms with Gasteiger partial charge in [-0.1, -0.05) is 0 Å². The number of amides is 2. The number of thiophene rings is 1. The highest BCUT2D eigenvalue weighted by atomic mass is 32.1. The van der Waals surface area contributed by atoms with Crippen LogP contribution < -0.4 is 5.32 Å². The number of nitrogens with zero attached hydrogens (tertiary/aromatic N) is 3. The van der Waals surface area contributed by atoms with Gasteiger partial charge in [0, 0.05) is 51.9 Å². The van der Waals surface area contributed by atoms with Crippen molar-refractivity contribution in [3.8, 4) is 0 Å². The average molecular weight is 431 g/mol. The molecule has 2 aliphatic heterocycles. The number of furan rings is 1. The molecule has 8 heteroatoms. The third-order valence-corrected chi connectivity index (χ3v) is 6.83. The lowest BCUT2D eigenvalue weighted by molar-refractivity contribution is -0.134. The standard InChI is InChI=1S/C22H30N4O3S/c1-17-20(4-12-29-17)22(28)23-19-2-6-24(7-3-19)15-21(27)26-10-8-25(9-11-26)14-18-5-13-30-16-18/h4-5,12-13,16,19H,2-3,6-11,14-15H2,1H3,(H,23,28). The fourth-order valence-corrected chi connectivity index (χ4v) is 4.87. The number of rotatable bonds is 6. The van der Waals surface area contributed by atoms with Crippen molar-refractivity contribution in [2.24, 2.45) is 0 Å². The third kappa shape index (κ3) is 5.30. The average Bonchev–Trinajstić information content (AvgIpc) is 3.41. The van der Waals surface area contributed by atoms with Crippen LogP contribution in [0.5, 0.6) is 0 Å². The lowest BCUT2D eigenvalue weighted by Crippen LogP contribution is -2.52. The predicted octanol–water partition coefficient (Wildman–Crippen LogP) is 2.19. The fourth-order valence-electron chi connectivity index (χ4n) is 4.21. The van der Waals surface area contributed by atoms with Crippen molar-refractivity contribution in [3.05, 3.63) is 46.0 Å². The van der Waals surface area contributed by atoms with Crippen LogP contribution >= 0.6 is 11.3 Å². The van der Waals surface area contributed by atoms with Crippen LogP contribution in [0.2, 0.25) is 0 Å². The summed E-state index contributed by atoms with van der Waals surface area (Å²) in [5.41, 5.74) is 1.96. The zero-order valence-corrected chi connectivity index (χ0v) is 18.3. The molecule has 2 amide bonds. The number of hydrogen-bond acceptors (Lipinski definition) is 6. The summed E-state index contributed by atoms with van der Waals surface area (Å²) in [5, 5.41) is 7.40. The van der Waals surface area contributed by atoms with Crippen LogP contribution in [-0.4, -0.2) is 78.4 Å². The SMILES string of the molecule is Cc1occc1C(=O)NC1CCN(CC(=O)N2CCN(Cc3ccsc3)CC2)CC1. The maximum Gasteiger partial charge on any atom is 0.255 e. The molecule has 2 aromatic heterocycles. The monoisotopic (exact) mass is 430 g/mol. The fraction of sp³-hybridized carbons (Fsp3) is 0.545. The van der Waals surface area contributed by atoms with Crippen LogP contribution in [0.25, 0.3) is 0 Å². The molecule has 0 aromatic carbocycles. The number of hydrogen-bond donors (Lipinski definition) is 1. The Kier molecular flexibility index (Phi) is 6.86. The van der Waals surface area contributed by atoms with E-state index in [0.29, 0.717) is 17.9 Å². The number of likely N-dealkylation sites (tertiary alicyclic amines) is 1. The lowest BCUT2D eigenvalue weighted by Gasteiger charge is -2.37. The van der Waals surface area contributed by atoms with E-state index in [-0.39, 0.29) is 17.9 Å². The molecule has 2 fully saturated rings. The zero-order chi connectivity index (χ0) is 20.9. The number of piperazine rings is 1. The molecular weight excluding hydrogens is 400 g/mol. The van der Waals surface area contributed by atoms with Crippen molar-refractivity contribution in [2.45, 2.75) is 32.4 Å². The molecule has 0 saturated carbocycles. The Morgan fingerprint density at radius 2 is 1.87 bits per heavy atom. The first-order valence-electron chi connectivity index (χ1n) is 10.7. The molecule has 7 nitrogen and oxygen atoms in total. The lowest BCUT2D eigenvalue weighted by atomic mass is 10.0. The van der Waals surface area contributed by atoms with Gasteiger partial charge < -0.3 is 14.6 Å². The largest absolute Gasteiger partial charge is 0.469 e. The van der Waals surface area contributed by atoms with E-state index in [4.69, 9.17) is 4.42 Å². The number of piperidine rings is 1. The maximum absolute atomic E-state index is 12.7. The van der Waals surface area contributed by atoms with E-state index in [2.05, 4.69) is 31.9 Å². The minimum Gasteiger partial charge on any atom is -0.469 e. The van der Waals surface area contributed by atoms with E-state index in [9.17, 15) is 9.59 Å². The summed E-state index contributed by atoms with van der Waals surface area (Å²) in [6.07, 6.45) is 3.27. The van der Waals surface area contributed by atoms with E-state index in [1.54, 1.807) is 30.6 Å². The van der Waals surface area contributed by atoms with Crippen LogP contribution in [0.15, 0.2) is 33.6 Å². The van der Waals surface area contributed by atoms with E-state index in [1.165, 1.54) is 5.56 Å². The minimum atomic E-state index is -0.0731. The quantitative estimate of drug-likeness (QED) is 0.761. The third-order valence-electron chi connectivity index (χ3n) is 6.10. The summed E-state index contributed by atoms with van der Waals surface area (Å²) in [6, 6.07) is 4.03. The Morgan fingerprint density at radius 3 is 2.50 bits per heavy atom. The molecule has 1 N–H and O–H groups in total. The molecule has 162 valence electrons.